The van der Waals surface area contributed by atoms with E-state index in [4.69, 9.17) is 4.74 Å². The summed E-state index contributed by atoms with van der Waals surface area (Å²) in [6.07, 6.45) is 0. The Bertz CT molecular complexity index is 767. The molecule has 21 heavy (non-hydrogen) atoms. The van der Waals surface area contributed by atoms with Gasteiger partial charge in [0.15, 0.2) is 11.2 Å². The molecule has 1 N–H and O–H groups in total. The first-order valence-electron chi connectivity index (χ1n) is 6.94. The van der Waals surface area contributed by atoms with Gasteiger partial charge in [0.2, 0.25) is 0 Å². The van der Waals surface area contributed by atoms with Gasteiger partial charge in [0.25, 0.3) is 5.56 Å². The van der Waals surface area contributed by atoms with Crippen LogP contribution in [0.25, 0.3) is 11.2 Å². The van der Waals surface area contributed by atoms with Gasteiger partial charge in [-0.25, -0.2) is 9.78 Å². The Morgan fingerprint density at radius 3 is 2.57 bits per heavy atom. The molecular formula is C13H22N4O3Si. The van der Waals surface area contributed by atoms with Crippen molar-refractivity contribution in [2.75, 3.05) is 6.61 Å². The second-order valence-electron chi connectivity index (χ2n) is 6.43. The summed E-state index contributed by atoms with van der Waals surface area (Å²) in [7, 11) is 0.450. The van der Waals surface area contributed by atoms with E-state index in [1.54, 1.807) is 18.5 Å². The van der Waals surface area contributed by atoms with E-state index in [9.17, 15) is 9.59 Å². The molecule has 0 atom stereocenters. The van der Waals surface area contributed by atoms with Crippen molar-refractivity contribution in [2.24, 2.45) is 7.05 Å². The third-order valence-electron chi connectivity index (χ3n) is 3.41. The third-order valence-corrected chi connectivity index (χ3v) is 5.12. The summed E-state index contributed by atoms with van der Waals surface area (Å²) in [5, 5.41) is 0. The molecule has 0 amide bonds. The molecule has 2 aromatic heterocycles. The Balaban J connectivity index is 2.29. The normalized spacial score (nSPS) is 12.2. The van der Waals surface area contributed by atoms with E-state index in [-0.39, 0.29) is 6.73 Å². The molecule has 0 radical (unpaired) electrons. The SMILES string of the molecule is Cc1nc2c(c(=O)[nH]c(=O)n2C)n1COCC[Si](C)(C)C. The number of ether oxygens (including phenoxy) is 1. The smallest absolute Gasteiger partial charge is 0.329 e. The van der Waals surface area contributed by atoms with Crippen LogP contribution in [-0.4, -0.2) is 33.8 Å². The molecule has 2 rings (SSSR count). The molecule has 0 spiro atoms. The summed E-state index contributed by atoms with van der Waals surface area (Å²) in [6, 6.07) is 1.06. The summed E-state index contributed by atoms with van der Waals surface area (Å²) in [6.45, 7) is 9.59. The number of H-pyrrole nitrogens is 1. The zero-order chi connectivity index (χ0) is 15.8. The molecule has 0 aliphatic heterocycles. The number of fused-ring (bicyclic) bond motifs is 1. The minimum atomic E-state index is -1.14. The maximum absolute atomic E-state index is 12.0. The van der Waals surface area contributed by atoms with Crippen molar-refractivity contribution in [1.29, 1.82) is 0 Å². The van der Waals surface area contributed by atoms with Crippen molar-refractivity contribution in [3.63, 3.8) is 0 Å². The molecule has 116 valence electrons. The number of rotatable bonds is 5. The number of aromatic amines is 1. The molecule has 8 heteroatoms. The Morgan fingerprint density at radius 1 is 1.29 bits per heavy atom. The molecule has 0 unspecified atom stereocenters. The zero-order valence-corrected chi connectivity index (χ0v) is 14.2. The van der Waals surface area contributed by atoms with Crippen molar-refractivity contribution >= 4 is 19.2 Å². The second kappa shape index (κ2) is 5.61. The van der Waals surface area contributed by atoms with Crippen LogP contribution in [0, 0.1) is 6.92 Å². The predicted molar refractivity (Wildman–Crippen MR) is 84.4 cm³/mol. The van der Waals surface area contributed by atoms with E-state index in [1.165, 1.54) is 4.57 Å². The fourth-order valence-corrected chi connectivity index (χ4v) is 2.79. The van der Waals surface area contributed by atoms with E-state index in [0.717, 1.165) is 6.04 Å². The molecule has 2 heterocycles. The predicted octanol–water partition coefficient (Wildman–Crippen LogP) is 1.04. The molecular weight excluding hydrogens is 288 g/mol. The van der Waals surface area contributed by atoms with Crippen molar-refractivity contribution in [1.82, 2.24) is 19.1 Å². The monoisotopic (exact) mass is 310 g/mol. The van der Waals surface area contributed by atoms with Crippen LogP contribution in [0.1, 0.15) is 5.82 Å². The molecule has 0 aliphatic rings. The Labute approximate surface area is 123 Å². The number of aromatic nitrogens is 4. The topological polar surface area (TPSA) is 81.9 Å². The average molecular weight is 310 g/mol. The average Bonchev–Trinajstić information content (AvgIpc) is 2.68. The lowest BCUT2D eigenvalue weighted by molar-refractivity contribution is 0.0884. The van der Waals surface area contributed by atoms with Gasteiger partial charge in [-0.05, 0) is 13.0 Å². The van der Waals surface area contributed by atoms with Gasteiger partial charge in [0.1, 0.15) is 12.6 Å². The summed E-state index contributed by atoms with van der Waals surface area (Å²) in [4.78, 5) is 30.2. The number of hydrogen-bond donors (Lipinski definition) is 1. The van der Waals surface area contributed by atoms with Gasteiger partial charge in [-0.3, -0.25) is 18.9 Å². The van der Waals surface area contributed by atoms with Crippen molar-refractivity contribution < 1.29 is 4.74 Å². The number of nitrogens with zero attached hydrogens (tertiary/aromatic N) is 3. The quantitative estimate of drug-likeness (QED) is 0.661. The fourth-order valence-electron chi connectivity index (χ4n) is 2.04. The van der Waals surface area contributed by atoms with Crippen molar-refractivity contribution in [3.05, 3.63) is 26.7 Å². The van der Waals surface area contributed by atoms with Gasteiger partial charge in [-0.15, -0.1) is 0 Å². The number of hydrogen-bond acceptors (Lipinski definition) is 4. The maximum atomic E-state index is 12.0. The Kier molecular flexibility index (Phi) is 4.19. The maximum Gasteiger partial charge on any atom is 0.329 e. The summed E-state index contributed by atoms with van der Waals surface area (Å²) >= 11 is 0. The van der Waals surface area contributed by atoms with Gasteiger partial charge >= 0.3 is 5.69 Å². The van der Waals surface area contributed by atoms with E-state index < -0.39 is 19.3 Å². The summed E-state index contributed by atoms with van der Waals surface area (Å²) < 4.78 is 8.73. The molecule has 2 aromatic rings. The molecule has 0 aromatic carbocycles. The van der Waals surface area contributed by atoms with Crippen molar-refractivity contribution in [2.45, 2.75) is 39.3 Å². The lowest BCUT2D eigenvalue weighted by Gasteiger charge is -2.15. The first kappa shape index (κ1) is 15.7. The number of nitrogens with one attached hydrogen (secondary N) is 1. The van der Waals surface area contributed by atoms with E-state index in [1.807, 2.05) is 0 Å². The molecule has 0 saturated heterocycles. The van der Waals surface area contributed by atoms with Crippen LogP contribution in [0.2, 0.25) is 25.7 Å². The minimum Gasteiger partial charge on any atom is -0.361 e. The van der Waals surface area contributed by atoms with E-state index in [0.29, 0.717) is 23.6 Å². The summed E-state index contributed by atoms with van der Waals surface area (Å²) in [5.74, 6) is 0.657. The lowest BCUT2D eigenvalue weighted by Crippen LogP contribution is -2.29. The van der Waals surface area contributed by atoms with Crippen LogP contribution in [0.15, 0.2) is 9.59 Å². The highest BCUT2D eigenvalue weighted by molar-refractivity contribution is 6.76. The first-order chi connectivity index (χ1) is 9.70. The van der Waals surface area contributed by atoms with Crippen LogP contribution in [0.5, 0.6) is 0 Å². The lowest BCUT2D eigenvalue weighted by atomic mass is 10.5. The molecule has 0 bridgehead atoms. The number of imidazole rings is 1. The fraction of sp³-hybridized carbons (Fsp3) is 0.615. The standard InChI is InChI=1S/C13H22N4O3Si/c1-9-14-11-10(12(18)15-13(19)16(11)2)17(9)8-20-6-7-21(3,4)5/h6-8H2,1-5H3,(H,15,18,19). The number of aryl methyl sites for hydroxylation is 2. The van der Waals surface area contributed by atoms with Gasteiger partial charge in [0, 0.05) is 21.7 Å². The summed E-state index contributed by atoms with van der Waals surface area (Å²) in [5.41, 5.74) is -0.128. The highest BCUT2D eigenvalue weighted by Gasteiger charge is 2.16. The molecule has 7 nitrogen and oxygen atoms in total. The van der Waals surface area contributed by atoms with Gasteiger partial charge in [-0.2, -0.15) is 0 Å². The minimum absolute atomic E-state index is 0.272. The van der Waals surface area contributed by atoms with E-state index >= 15 is 0 Å². The van der Waals surface area contributed by atoms with Crippen LogP contribution in [0.4, 0.5) is 0 Å². The van der Waals surface area contributed by atoms with Crippen LogP contribution < -0.4 is 11.2 Å². The van der Waals surface area contributed by atoms with Gasteiger partial charge in [-0.1, -0.05) is 19.6 Å². The highest BCUT2D eigenvalue weighted by atomic mass is 28.3. The second-order valence-corrected chi connectivity index (χ2v) is 12.0. The van der Waals surface area contributed by atoms with Gasteiger partial charge in [0.05, 0.1) is 0 Å². The molecule has 0 saturated carbocycles. The van der Waals surface area contributed by atoms with E-state index in [2.05, 4.69) is 29.6 Å². The molecule has 0 fully saturated rings. The largest absolute Gasteiger partial charge is 0.361 e. The van der Waals surface area contributed by atoms with Gasteiger partial charge < -0.3 is 4.74 Å². The Morgan fingerprint density at radius 2 is 1.95 bits per heavy atom. The van der Waals surface area contributed by atoms with Crippen molar-refractivity contribution in [3.8, 4) is 0 Å². The van der Waals surface area contributed by atoms with Crippen LogP contribution >= 0.6 is 0 Å². The first-order valence-corrected chi connectivity index (χ1v) is 10.7. The zero-order valence-electron chi connectivity index (χ0n) is 13.2. The van der Waals surface area contributed by atoms with Crippen LogP contribution in [0.3, 0.4) is 0 Å². The van der Waals surface area contributed by atoms with Crippen LogP contribution in [-0.2, 0) is 18.5 Å². The third kappa shape index (κ3) is 3.33. The highest BCUT2D eigenvalue weighted by Crippen LogP contribution is 2.11. The molecule has 0 aliphatic carbocycles. The Hall–Kier alpha value is -1.67.